The van der Waals surface area contributed by atoms with Crippen LogP contribution in [0.1, 0.15) is 25.7 Å². The van der Waals surface area contributed by atoms with Gasteiger partial charge >= 0.3 is 0 Å². The van der Waals surface area contributed by atoms with Gasteiger partial charge in [-0.25, -0.2) is 8.42 Å². The standard InChI is InChI=1S/C18H25N3O5S.ClH/c1-26-15-12-13(5-6-14(15)21-11-3-4-16(21)22)20-17(23)18(27(2,24)25)7-9-19-10-8-18;/h5-6,12,19H,3-4,7-11H2,1-2H3,(H,20,23);1H. The molecule has 0 atom stereocenters. The largest absolute Gasteiger partial charge is 0.494 e. The van der Waals surface area contributed by atoms with Crippen LogP contribution in [-0.4, -0.2) is 58.0 Å². The molecule has 28 heavy (non-hydrogen) atoms. The van der Waals surface area contributed by atoms with E-state index in [1.807, 2.05) is 0 Å². The van der Waals surface area contributed by atoms with Crippen LogP contribution in [0, 0.1) is 0 Å². The van der Waals surface area contributed by atoms with E-state index in [0.717, 1.165) is 12.7 Å². The van der Waals surface area contributed by atoms with Crippen LogP contribution in [0.2, 0.25) is 0 Å². The van der Waals surface area contributed by atoms with Gasteiger partial charge in [0.05, 0.1) is 12.8 Å². The molecule has 8 nitrogen and oxygen atoms in total. The van der Waals surface area contributed by atoms with Crippen LogP contribution < -0.4 is 20.3 Å². The van der Waals surface area contributed by atoms with Gasteiger partial charge in [-0.15, -0.1) is 12.4 Å². The summed E-state index contributed by atoms with van der Waals surface area (Å²) in [7, 11) is -2.09. The molecule has 0 saturated carbocycles. The van der Waals surface area contributed by atoms with E-state index >= 15 is 0 Å². The zero-order valence-electron chi connectivity index (χ0n) is 16.0. The summed E-state index contributed by atoms with van der Waals surface area (Å²) in [4.78, 5) is 26.6. The van der Waals surface area contributed by atoms with Crippen molar-refractivity contribution in [2.75, 3.05) is 43.2 Å². The van der Waals surface area contributed by atoms with E-state index in [-0.39, 0.29) is 31.2 Å². The molecule has 0 bridgehead atoms. The Labute approximate surface area is 171 Å². The zero-order chi connectivity index (χ0) is 19.7. The number of amides is 2. The summed E-state index contributed by atoms with van der Waals surface area (Å²) >= 11 is 0. The summed E-state index contributed by atoms with van der Waals surface area (Å²) in [5, 5.41) is 5.82. The van der Waals surface area contributed by atoms with Crippen LogP contribution in [0.4, 0.5) is 11.4 Å². The smallest absolute Gasteiger partial charge is 0.245 e. The first-order valence-corrected chi connectivity index (χ1v) is 10.9. The number of methoxy groups -OCH3 is 1. The number of carbonyl (C=O) groups excluding carboxylic acids is 2. The van der Waals surface area contributed by atoms with Gasteiger partial charge in [0, 0.05) is 31.0 Å². The molecule has 2 saturated heterocycles. The number of hydrogen-bond donors (Lipinski definition) is 2. The number of carbonyl (C=O) groups is 2. The van der Waals surface area contributed by atoms with Crippen molar-refractivity contribution in [2.24, 2.45) is 0 Å². The minimum atomic E-state index is -3.59. The maximum atomic E-state index is 12.9. The van der Waals surface area contributed by atoms with Gasteiger partial charge in [0.15, 0.2) is 14.6 Å². The van der Waals surface area contributed by atoms with Gasteiger partial charge in [-0.05, 0) is 44.5 Å². The Morgan fingerprint density at radius 3 is 2.50 bits per heavy atom. The topological polar surface area (TPSA) is 105 Å². The number of rotatable bonds is 5. The van der Waals surface area contributed by atoms with Crippen molar-refractivity contribution >= 4 is 45.4 Å². The third kappa shape index (κ3) is 4.11. The lowest BCUT2D eigenvalue weighted by Gasteiger charge is -2.34. The van der Waals surface area contributed by atoms with Crippen LogP contribution >= 0.6 is 12.4 Å². The number of piperidine rings is 1. The Bertz CT molecular complexity index is 853. The third-order valence-electron chi connectivity index (χ3n) is 5.34. The fourth-order valence-corrected chi connectivity index (χ4v) is 5.06. The Balaban J connectivity index is 0.00000280. The summed E-state index contributed by atoms with van der Waals surface area (Å²) in [5.41, 5.74) is 1.09. The van der Waals surface area contributed by atoms with Gasteiger partial charge in [-0.1, -0.05) is 0 Å². The highest BCUT2D eigenvalue weighted by atomic mass is 35.5. The lowest BCUT2D eigenvalue weighted by Crippen LogP contribution is -2.55. The van der Waals surface area contributed by atoms with Crippen LogP contribution in [0.3, 0.4) is 0 Å². The molecule has 2 amide bonds. The molecular weight excluding hydrogens is 406 g/mol. The fourth-order valence-electron chi connectivity index (χ4n) is 3.72. The number of anilines is 2. The number of nitrogens with one attached hydrogen (secondary N) is 2. The molecule has 2 heterocycles. The highest BCUT2D eigenvalue weighted by Gasteiger charge is 2.48. The molecule has 2 aliphatic rings. The zero-order valence-corrected chi connectivity index (χ0v) is 17.6. The first-order valence-electron chi connectivity index (χ1n) is 8.99. The average Bonchev–Trinajstić information content (AvgIpc) is 3.07. The second kappa shape index (κ2) is 8.67. The average molecular weight is 432 g/mol. The predicted molar refractivity (Wildman–Crippen MR) is 110 cm³/mol. The lowest BCUT2D eigenvalue weighted by molar-refractivity contribution is -0.119. The van der Waals surface area contributed by atoms with E-state index in [1.54, 1.807) is 23.1 Å². The Kier molecular flexibility index (Phi) is 6.95. The number of sulfone groups is 1. The number of ether oxygens (including phenoxy) is 1. The summed E-state index contributed by atoms with van der Waals surface area (Å²) in [6.07, 6.45) is 2.88. The highest BCUT2D eigenvalue weighted by molar-refractivity contribution is 7.92. The Morgan fingerprint density at radius 2 is 1.96 bits per heavy atom. The van der Waals surface area contributed by atoms with Crippen molar-refractivity contribution in [3.8, 4) is 5.75 Å². The van der Waals surface area contributed by atoms with E-state index in [1.165, 1.54) is 7.11 Å². The Hall–Kier alpha value is -1.84. The summed E-state index contributed by atoms with van der Waals surface area (Å²) in [5.74, 6) is -0.0314. The first kappa shape index (κ1) is 22.4. The summed E-state index contributed by atoms with van der Waals surface area (Å²) < 4.78 is 28.7. The maximum Gasteiger partial charge on any atom is 0.245 e. The minimum Gasteiger partial charge on any atom is -0.494 e. The van der Waals surface area contributed by atoms with Crippen LogP contribution in [0.5, 0.6) is 5.75 Å². The molecule has 0 aromatic heterocycles. The SMILES string of the molecule is COc1cc(NC(=O)C2(S(C)(=O)=O)CCNCC2)ccc1N1CCCC1=O.Cl. The number of nitrogens with zero attached hydrogens (tertiary/aromatic N) is 1. The molecule has 156 valence electrons. The number of benzene rings is 1. The lowest BCUT2D eigenvalue weighted by atomic mass is 9.95. The first-order chi connectivity index (χ1) is 12.8. The van der Waals surface area contributed by atoms with Crippen molar-refractivity contribution in [3.05, 3.63) is 18.2 Å². The van der Waals surface area contributed by atoms with Crippen LogP contribution in [-0.2, 0) is 19.4 Å². The van der Waals surface area contributed by atoms with Crippen molar-refractivity contribution in [2.45, 2.75) is 30.4 Å². The summed E-state index contributed by atoms with van der Waals surface area (Å²) in [6, 6.07) is 5.00. The van der Waals surface area contributed by atoms with Gasteiger partial charge < -0.3 is 20.3 Å². The molecular formula is C18H26ClN3O5S. The van der Waals surface area contributed by atoms with Gasteiger partial charge in [0.1, 0.15) is 5.75 Å². The molecule has 3 rings (SSSR count). The van der Waals surface area contributed by atoms with Crippen LogP contribution in [0.15, 0.2) is 18.2 Å². The van der Waals surface area contributed by atoms with E-state index in [9.17, 15) is 18.0 Å². The van der Waals surface area contributed by atoms with Gasteiger partial charge in [0.2, 0.25) is 11.8 Å². The van der Waals surface area contributed by atoms with Crippen LogP contribution in [0.25, 0.3) is 0 Å². The highest BCUT2D eigenvalue weighted by Crippen LogP contribution is 2.35. The molecule has 0 radical (unpaired) electrons. The summed E-state index contributed by atoms with van der Waals surface area (Å²) in [6.45, 7) is 1.57. The predicted octanol–water partition coefficient (Wildman–Crippen LogP) is 1.35. The van der Waals surface area contributed by atoms with Crippen molar-refractivity contribution in [1.29, 1.82) is 0 Å². The maximum absolute atomic E-state index is 12.9. The molecule has 2 aliphatic heterocycles. The molecule has 1 aromatic carbocycles. The molecule has 1 aromatic rings. The normalized spacial score (nSPS) is 19.1. The molecule has 10 heteroatoms. The van der Waals surface area contributed by atoms with E-state index < -0.39 is 20.5 Å². The molecule has 0 aliphatic carbocycles. The fraction of sp³-hybridized carbons (Fsp3) is 0.556. The monoisotopic (exact) mass is 431 g/mol. The van der Waals surface area contributed by atoms with E-state index in [4.69, 9.17) is 4.74 Å². The molecule has 2 fully saturated rings. The second-order valence-corrected chi connectivity index (χ2v) is 9.33. The molecule has 2 N–H and O–H groups in total. The van der Waals surface area contributed by atoms with Gasteiger partial charge in [-0.3, -0.25) is 9.59 Å². The third-order valence-corrected chi connectivity index (χ3v) is 7.35. The van der Waals surface area contributed by atoms with E-state index in [2.05, 4.69) is 10.6 Å². The number of hydrogen-bond acceptors (Lipinski definition) is 6. The van der Waals surface area contributed by atoms with Crippen molar-refractivity contribution < 1.29 is 22.7 Å². The Morgan fingerprint density at radius 1 is 1.29 bits per heavy atom. The molecule has 0 unspecified atom stereocenters. The van der Waals surface area contributed by atoms with E-state index in [0.29, 0.717) is 43.2 Å². The van der Waals surface area contributed by atoms with Gasteiger partial charge in [0.25, 0.3) is 0 Å². The second-order valence-electron chi connectivity index (χ2n) is 7.01. The van der Waals surface area contributed by atoms with Gasteiger partial charge in [-0.2, -0.15) is 0 Å². The van der Waals surface area contributed by atoms with Crippen molar-refractivity contribution in [3.63, 3.8) is 0 Å². The minimum absolute atomic E-state index is 0. The number of halogens is 1. The van der Waals surface area contributed by atoms with Crippen molar-refractivity contribution in [1.82, 2.24) is 5.32 Å². The quantitative estimate of drug-likeness (QED) is 0.729. The molecule has 0 spiro atoms.